The van der Waals surface area contributed by atoms with Gasteiger partial charge in [0.05, 0.1) is 13.2 Å². The summed E-state index contributed by atoms with van der Waals surface area (Å²) < 4.78 is 12.7. The minimum Gasteiger partial charge on any atom is -0.490 e. The highest BCUT2D eigenvalue weighted by Gasteiger charge is 2.10. The fourth-order valence-electron chi connectivity index (χ4n) is 2.39. The molecular formula is C23H27BrO3. The molecule has 0 saturated heterocycles. The van der Waals surface area contributed by atoms with Crippen LogP contribution in [0.4, 0.5) is 0 Å². The van der Waals surface area contributed by atoms with Gasteiger partial charge in [-0.2, -0.15) is 0 Å². The average Bonchev–Trinajstić information content (AvgIpc) is 2.68. The molecule has 0 spiro atoms. The van der Waals surface area contributed by atoms with Crippen molar-refractivity contribution in [3.8, 4) is 11.5 Å². The minimum absolute atomic E-state index is 0.0571. The van der Waals surface area contributed by atoms with E-state index in [1.165, 1.54) is 0 Å². The molecular weight excluding hydrogens is 404 g/mol. The molecule has 0 N–H and O–H groups in total. The fourth-order valence-corrected chi connectivity index (χ4v) is 2.65. The predicted molar refractivity (Wildman–Crippen MR) is 115 cm³/mol. The first-order valence-electron chi connectivity index (χ1n) is 9.51. The lowest BCUT2D eigenvalue weighted by Gasteiger charge is -2.13. The van der Waals surface area contributed by atoms with E-state index in [-0.39, 0.29) is 5.78 Å². The summed E-state index contributed by atoms with van der Waals surface area (Å²) >= 11 is 3.41. The zero-order chi connectivity index (χ0) is 19.5. The summed E-state index contributed by atoms with van der Waals surface area (Å²) in [4.78, 5) is 12.5. The van der Waals surface area contributed by atoms with Gasteiger partial charge < -0.3 is 9.47 Å². The number of ether oxygens (including phenoxy) is 2. The van der Waals surface area contributed by atoms with Crippen molar-refractivity contribution in [2.45, 2.75) is 39.5 Å². The van der Waals surface area contributed by atoms with Crippen LogP contribution < -0.4 is 9.47 Å². The Balaban J connectivity index is 2.13. The summed E-state index contributed by atoms with van der Waals surface area (Å²) in [6.07, 6.45) is 7.50. The van der Waals surface area contributed by atoms with Gasteiger partial charge in [0.15, 0.2) is 17.3 Å². The number of carbonyl (C=O) groups excluding carboxylic acids is 1. The maximum Gasteiger partial charge on any atom is 0.185 e. The van der Waals surface area contributed by atoms with Crippen LogP contribution in [0.2, 0.25) is 0 Å². The molecule has 2 aromatic carbocycles. The molecule has 0 aliphatic rings. The average molecular weight is 431 g/mol. The first-order valence-corrected chi connectivity index (χ1v) is 10.3. The number of rotatable bonds is 11. The van der Waals surface area contributed by atoms with Gasteiger partial charge in [-0.1, -0.05) is 60.8 Å². The summed E-state index contributed by atoms with van der Waals surface area (Å²) in [5, 5.41) is 0. The molecule has 0 amide bonds. The molecule has 2 aromatic rings. The van der Waals surface area contributed by atoms with E-state index in [4.69, 9.17) is 9.47 Å². The minimum atomic E-state index is -0.0571. The van der Waals surface area contributed by atoms with Crippen molar-refractivity contribution in [1.82, 2.24) is 0 Å². The van der Waals surface area contributed by atoms with Crippen molar-refractivity contribution in [2.75, 3.05) is 13.2 Å². The highest BCUT2D eigenvalue weighted by atomic mass is 79.9. The van der Waals surface area contributed by atoms with Gasteiger partial charge >= 0.3 is 0 Å². The third-order valence-corrected chi connectivity index (χ3v) is 4.56. The summed E-state index contributed by atoms with van der Waals surface area (Å²) in [6, 6.07) is 13.2. The maximum atomic E-state index is 12.5. The summed E-state index contributed by atoms with van der Waals surface area (Å²) in [6.45, 7) is 5.51. The van der Waals surface area contributed by atoms with Crippen LogP contribution in [0.5, 0.6) is 11.5 Å². The first-order chi connectivity index (χ1) is 13.1. The molecule has 144 valence electrons. The Labute approximate surface area is 170 Å². The standard InChI is InChI=1S/C23H27BrO3/c1-3-5-15-26-22-14-10-19(17-23(22)27-16-6-4-2)21(25)13-9-18-7-11-20(24)12-8-18/h7-14,17H,3-6,15-16H2,1-2H3. The molecule has 0 unspecified atom stereocenters. The van der Waals surface area contributed by atoms with Gasteiger partial charge in [0.1, 0.15) is 0 Å². The van der Waals surface area contributed by atoms with Gasteiger partial charge in [0.25, 0.3) is 0 Å². The third-order valence-electron chi connectivity index (χ3n) is 4.04. The summed E-state index contributed by atoms with van der Waals surface area (Å²) in [5.74, 6) is 1.29. The molecule has 4 heteroatoms. The highest BCUT2D eigenvalue weighted by Crippen LogP contribution is 2.29. The van der Waals surface area contributed by atoms with Crippen LogP contribution in [-0.2, 0) is 0 Å². The second-order valence-electron chi connectivity index (χ2n) is 6.31. The molecule has 0 aliphatic carbocycles. The van der Waals surface area contributed by atoms with Crippen molar-refractivity contribution in [3.63, 3.8) is 0 Å². The number of carbonyl (C=O) groups is 1. The van der Waals surface area contributed by atoms with E-state index in [0.717, 1.165) is 35.7 Å². The SMILES string of the molecule is CCCCOc1ccc(C(=O)C=Cc2ccc(Br)cc2)cc1OCCCC. The molecule has 3 nitrogen and oxygen atoms in total. The van der Waals surface area contributed by atoms with E-state index in [0.29, 0.717) is 30.3 Å². The normalized spacial score (nSPS) is 10.9. The molecule has 0 saturated carbocycles. The van der Waals surface area contributed by atoms with Crippen molar-refractivity contribution >= 4 is 27.8 Å². The van der Waals surface area contributed by atoms with E-state index >= 15 is 0 Å². The summed E-state index contributed by atoms with van der Waals surface area (Å²) in [7, 11) is 0. The number of unbranched alkanes of at least 4 members (excludes halogenated alkanes) is 2. The first kappa shape index (κ1) is 21.2. The van der Waals surface area contributed by atoms with Crippen LogP contribution in [-0.4, -0.2) is 19.0 Å². The van der Waals surface area contributed by atoms with Gasteiger partial charge in [0, 0.05) is 10.0 Å². The molecule has 0 bridgehead atoms. The maximum absolute atomic E-state index is 12.5. The monoisotopic (exact) mass is 430 g/mol. The molecule has 0 heterocycles. The number of allylic oxidation sites excluding steroid dienone is 1. The van der Waals surface area contributed by atoms with E-state index in [2.05, 4.69) is 29.8 Å². The Bertz CT molecular complexity index is 751. The van der Waals surface area contributed by atoms with E-state index in [1.54, 1.807) is 18.2 Å². The molecule has 0 aliphatic heterocycles. The molecule has 0 atom stereocenters. The topological polar surface area (TPSA) is 35.5 Å². The highest BCUT2D eigenvalue weighted by molar-refractivity contribution is 9.10. The lowest BCUT2D eigenvalue weighted by molar-refractivity contribution is 0.104. The zero-order valence-corrected chi connectivity index (χ0v) is 17.6. The lowest BCUT2D eigenvalue weighted by atomic mass is 10.1. The number of benzene rings is 2. The zero-order valence-electron chi connectivity index (χ0n) is 16.0. The van der Waals surface area contributed by atoms with Gasteiger partial charge in [-0.3, -0.25) is 4.79 Å². The van der Waals surface area contributed by atoms with Crippen LogP contribution >= 0.6 is 15.9 Å². The number of hydrogen-bond acceptors (Lipinski definition) is 3. The number of ketones is 1. The predicted octanol–water partition coefficient (Wildman–Crippen LogP) is 6.70. The van der Waals surface area contributed by atoms with Gasteiger partial charge in [-0.25, -0.2) is 0 Å². The molecule has 2 rings (SSSR count). The van der Waals surface area contributed by atoms with Gasteiger partial charge in [-0.15, -0.1) is 0 Å². The van der Waals surface area contributed by atoms with Crippen molar-refractivity contribution in [2.24, 2.45) is 0 Å². The van der Waals surface area contributed by atoms with Crippen molar-refractivity contribution < 1.29 is 14.3 Å². The Kier molecular flexibility index (Phi) is 9.12. The molecule has 27 heavy (non-hydrogen) atoms. The van der Waals surface area contributed by atoms with Crippen LogP contribution in [0.1, 0.15) is 55.5 Å². The number of halogens is 1. The Morgan fingerprint density at radius 1 is 0.926 bits per heavy atom. The van der Waals surface area contributed by atoms with Gasteiger partial charge in [0.2, 0.25) is 0 Å². The largest absolute Gasteiger partial charge is 0.490 e. The van der Waals surface area contributed by atoms with E-state index in [9.17, 15) is 4.79 Å². The Hall–Kier alpha value is -2.07. The van der Waals surface area contributed by atoms with Gasteiger partial charge in [-0.05, 0) is 54.8 Å². The van der Waals surface area contributed by atoms with Crippen LogP contribution in [0.3, 0.4) is 0 Å². The third kappa shape index (κ3) is 7.22. The fraction of sp³-hybridized carbons (Fsp3) is 0.348. The second-order valence-corrected chi connectivity index (χ2v) is 7.23. The van der Waals surface area contributed by atoms with Crippen molar-refractivity contribution in [3.05, 3.63) is 64.1 Å². The van der Waals surface area contributed by atoms with E-state index < -0.39 is 0 Å². The summed E-state index contributed by atoms with van der Waals surface area (Å²) in [5.41, 5.74) is 1.57. The van der Waals surface area contributed by atoms with Crippen LogP contribution in [0.15, 0.2) is 53.0 Å². The lowest BCUT2D eigenvalue weighted by Crippen LogP contribution is -2.04. The van der Waals surface area contributed by atoms with Crippen LogP contribution in [0, 0.1) is 0 Å². The Morgan fingerprint density at radius 3 is 2.19 bits per heavy atom. The Morgan fingerprint density at radius 2 is 1.56 bits per heavy atom. The molecule has 0 radical (unpaired) electrons. The smallest absolute Gasteiger partial charge is 0.185 e. The van der Waals surface area contributed by atoms with Crippen molar-refractivity contribution in [1.29, 1.82) is 0 Å². The number of hydrogen-bond donors (Lipinski definition) is 0. The molecule has 0 aromatic heterocycles. The quantitative estimate of drug-likeness (QED) is 0.226. The second kappa shape index (κ2) is 11.6. The van der Waals surface area contributed by atoms with E-state index in [1.807, 2.05) is 36.4 Å². The molecule has 0 fully saturated rings. The van der Waals surface area contributed by atoms with Crippen LogP contribution in [0.25, 0.3) is 6.08 Å².